The van der Waals surface area contributed by atoms with Crippen molar-refractivity contribution in [1.29, 1.82) is 0 Å². The molecule has 2 bridgehead atoms. The number of rotatable bonds is 2. The van der Waals surface area contributed by atoms with Crippen LogP contribution in [0.25, 0.3) is 10.9 Å². The van der Waals surface area contributed by atoms with E-state index in [0.29, 0.717) is 17.6 Å². The number of nitrogens with zero attached hydrogens (tertiary/aromatic N) is 2. The highest BCUT2D eigenvalue weighted by Crippen LogP contribution is 2.40. The van der Waals surface area contributed by atoms with Gasteiger partial charge >= 0.3 is 0 Å². The zero-order valence-electron chi connectivity index (χ0n) is 11.8. The van der Waals surface area contributed by atoms with Crippen molar-refractivity contribution in [3.8, 4) is 0 Å². The smallest absolute Gasteiger partial charge is 0.153 e. The molecule has 2 aliphatic heterocycles. The molecule has 2 fully saturated rings. The van der Waals surface area contributed by atoms with Crippen LogP contribution in [0.2, 0.25) is 0 Å². The van der Waals surface area contributed by atoms with Gasteiger partial charge in [0.1, 0.15) is 5.82 Å². The van der Waals surface area contributed by atoms with Crippen molar-refractivity contribution in [2.75, 3.05) is 4.90 Å². The van der Waals surface area contributed by atoms with Gasteiger partial charge in [0.15, 0.2) is 6.29 Å². The maximum absolute atomic E-state index is 11.5. The number of carbonyl (C=O) groups is 1. The van der Waals surface area contributed by atoms with Crippen molar-refractivity contribution in [1.82, 2.24) is 4.98 Å². The van der Waals surface area contributed by atoms with E-state index in [4.69, 9.17) is 4.98 Å². The zero-order valence-corrected chi connectivity index (χ0v) is 11.8. The first-order valence-corrected chi connectivity index (χ1v) is 7.57. The fourth-order valence-corrected chi connectivity index (χ4v) is 3.91. The first kappa shape index (κ1) is 12.8. The van der Waals surface area contributed by atoms with E-state index >= 15 is 0 Å². The number of hydrogen-bond acceptors (Lipinski definition) is 4. The van der Waals surface area contributed by atoms with Gasteiger partial charge in [-0.1, -0.05) is 18.2 Å². The van der Waals surface area contributed by atoms with Crippen molar-refractivity contribution in [3.63, 3.8) is 0 Å². The minimum atomic E-state index is -0.209. The number of para-hydroxylation sites is 1. The van der Waals surface area contributed by atoms with Gasteiger partial charge in [0.05, 0.1) is 17.2 Å². The quantitative estimate of drug-likeness (QED) is 0.860. The van der Waals surface area contributed by atoms with Gasteiger partial charge in [0.2, 0.25) is 0 Å². The molecule has 4 nitrogen and oxygen atoms in total. The van der Waals surface area contributed by atoms with E-state index in [1.165, 1.54) is 0 Å². The fraction of sp³-hybridized carbons (Fsp3) is 0.412. The molecule has 21 heavy (non-hydrogen) atoms. The first-order valence-electron chi connectivity index (χ1n) is 7.57. The third-order valence-electron chi connectivity index (χ3n) is 4.81. The molecule has 1 aromatic heterocycles. The summed E-state index contributed by atoms with van der Waals surface area (Å²) in [6, 6.07) is 10.4. The predicted octanol–water partition coefficient (Wildman–Crippen LogP) is 2.54. The van der Waals surface area contributed by atoms with E-state index in [0.717, 1.165) is 48.7 Å². The van der Waals surface area contributed by atoms with Crippen molar-refractivity contribution in [2.24, 2.45) is 0 Å². The molecular formula is C17H18N2O2. The van der Waals surface area contributed by atoms with Crippen LogP contribution in [-0.2, 0) is 0 Å². The summed E-state index contributed by atoms with van der Waals surface area (Å²) in [4.78, 5) is 18.5. The highest BCUT2D eigenvalue weighted by molar-refractivity contribution is 5.92. The summed E-state index contributed by atoms with van der Waals surface area (Å²) in [5.74, 6) is 0.795. The highest BCUT2D eigenvalue weighted by atomic mass is 16.3. The first-order chi connectivity index (χ1) is 10.3. The summed E-state index contributed by atoms with van der Waals surface area (Å²) in [5, 5.41) is 10.9. The van der Waals surface area contributed by atoms with Gasteiger partial charge in [-0.2, -0.15) is 0 Å². The van der Waals surface area contributed by atoms with Crippen molar-refractivity contribution >= 4 is 23.0 Å². The zero-order chi connectivity index (χ0) is 14.4. The number of hydrogen-bond donors (Lipinski definition) is 1. The molecule has 4 heteroatoms. The van der Waals surface area contributed by atoms with E-state index in [9.17, 15) is 9.90 Å². The van der Waals surface area contributed by atoms with Crippen LogP contribution in [0, 0.1) is 0 Å². The van der Waals surface area contributed by atoms with Gasteiger partial charge in [0, 0.05) is 17.5 Å². The van der Waals surface area contributed by atoms with Crippen LogP contribution >= 0.6 is 0 Å². The molecule has 0 radical (unpaired) electrons. The second-order valence-electron chi connectivity index (χ2n) is 6.13. The summed E-state index contributed by atoms with van der Waals surface area (Å²) < 4.78 is 0. The predicted molar refractivity (Wildman–Crippen MR) is 81.7 cm³/mol. The Kier molecular flexibility index (Phi) is 2.93. The number of aliphatic hydroxyl groups excluding tert-OH is 1. The van der Waals surface area contributed by atoms with Crippen molar-refractivity contribution in [3.05, 3.63) is 35.9 Å². The average molecular weight is 282 g/mol. The number of pyridine rings is 1. The number of aldehydes is 1. The molecule has 1 aromatic carbocycles. The summed E-state index contributed by atoms with van der Waals surface area (Å²) >= 11 is 0. The number of carbonyl (C=O) groups excluding carboxylic acids is 1. The lowest BCUT2D eigenvalue weighted by molar-refractivity contribution is 0.112. The minimum absolute atomic E-state index is 0.209. The third-order valence-corrected chi connectivity index (χ3v) is 4.81. The molecule has 0 saturated carbocycles. The van der Waals surface area contributed by atoms with Gasteiger partial charge in [-0.3, -0.25) is 4.79 Å². The van der Waals surface area contributed by atoms with Crippen LogP contribution in [0.5, 0.6) is 0 Å². The lowest BCUT2D eigenvalue weighted by atomic mass is 9.99. The van der Waals surface area contributed by atoms with Crippen LogP contribution in [-0.4, -0.2) is 34.6 Å². The molecule has 0 aliphatic carbocycles. The van der Waals surface area contributed by atoms with E-state index in [1.807, 2.05) is 30.3 Å². The second-order valence-corrected chi connectivity index (χ2v) is 6.13. The Labute approximate surface area is 123 Å². The van der Waals surface area contributed by atoms with Gasteiger partial charge in [-0.25, -0.2) is 4.98 Å². The fourth-order valence-electron chi connectivity index (χ4n) is 3.91. The lowest BCUT2D eigenvalue weighted by Crippen LogP contribution is -2.45. The molecule has 2 atom stereocenters. The molecule has 3 heterocycles. The number of benzene rings is 1. The van der Waals surface area contributed by atoms with Gasteiger partial charge in [-0.15, -0.1) is 0 Å². The summed E-state index contributed by atoms with van der Waals surface area (Å²) in [7, 11) is 0. The molecule has 2 unspecified atom stereocenters. The Morgan fingerprint density at radius 3 is 2.62 bits per heavy atom. The monoisotopic (exact) mass is 282 g/mol. The Bertz CT molecular complexity index is 686. The molecule has 2 aromatic rings. The van der Waals surface area contributed by atoms with Crippen LogP contribution in [0.3, 0.4) is 0 Å². The van der Waals surface area contributed by atoms with Gasteiger partial charge in [0.25, 0.3) is 0 Å². The Morgan fingerprint density at radius 1 is 1.19 bits per heavy atom. The standard InChI is InChI=1S/C17H18N2O2/c20-10-12-7-11-3-1-2-4-16(11)18-17(12)19-13-5-6-14(19)9-15(21)8-13/h1-4,7,10,13-15,21H,5-6,8-9H2. The van der Waals surface area contributed by atoms with Crippen molar-refractivity contribution < 1.29 is 9.90 Å². The lowest BCUT2D eigenvalue weighted by Gasteiger charge is -2.38. The molecule has 0 amide bonds. The largest absolute Gasteiger partial charge is 0.393 e. The molecule has 0 spiro atoms. The van der Waals surface area contributed by atoms with Crippen molar-refractivity contribution in [2.45, 2.75) is 43.9 Å². The van der Waals surface area contributed by atoms with Gasteiger partial charge in [-0.05, 0) is 37.8 Å². The second kappa shape index (κ2) is 4.81. The molecule has 1 N–H and O–H groups in total. The molecule has 2 saturated heterocycles. The summed E-state index contributed by atoms with van der Waals surface area (Å²) in [6.45, 7) is 0. The summed E-state index contributed by atoms with van der Waals surface area (Å²) in [6.07, 6.45) is 4.41. The summed E-state index contributed by atoms with van der Waals surface area (Å²) in [5.41, 5.74) is 1.57. The number of fused-ring (bicyclic) bond motifs is 3. The van der Waals surface area contributed by atoms with Crippen LogP contribution in [0.15, 0.2) is 30.3 Å². The van der Waals surface area contributed by atoms with E-state index in [-0.39, 0.29) is 6.10 Å². The Balaban J connectivity index is 1.84. The highest BCUT2D eigenvalue weighted by Gasteiger charge is 2.41. The minimum Gasteiger partial charge on any atom is -0.393 e. The number of anilines is 1. The average Bonchev–Trinajstić information content (AvgIpc) is 2.77. The van der Waals surface area contributed by atoms with Crippen LogP contribution in [0.4, 0.5) is 5.82 Å². The molecule has 108 valence electrons. The Morgan fingerprint density at radius 2 is 1.90 bits per heavy atom. The van der Waals surface area contributed by atoms with Crippen LogP contribution < -0.4 is 4.90 Å². The maximum atomic E-state index is 11.5. The van der Waals surface area contributed by atoms with Gasteiger partial charge < -0.3 is 10.0 Å². The van der Waals surface area contributed by atoms with E-state index in [2.05, 4.69) is 4.90 Å². The topological polar surface area (TPSA) is 53.4 Å². The van der Waals surface area contributed by atoms with E-state index in [1.54, 1.807) is 0 Å². The number of aromatic nitrogens is 1. The van der Waals surface area contributed by atoms with Crippen LogP contribution in [0.1, 0.15) is 36.0 Å². The molecule has 4 rings (SSSR count). The molecular weight excluding hydrogens is 264 g/mol. The Hall–Kier alpha value is -1.94. The maximum Gasteiger partial charge on any atom is 0.153 e. The number of aliphatic hydroxyl groups is 1. The number of piperidine rings is 1. The molecule has 2 aliphatic rings. The third kappa shape index (κ3) is 2.02. The normalized spacial score (nSPS) is 28.0. The SMILES string of the molecule is O=Cc1cc2ccccc2nc1N1C2CCC1CC(O)C2. The van der Waals surface area contributed by atoms with E-state index < -0.39 is 0 Å².